The molecule has 3 aromatic heterocycles. The molecule has 0 spiro atoms. The average Bonchev–Trinajstić information content (AvgIpc) is 3.47. The number of nitrogens with two attached hydrogens (primary N) is 1. The van der Waals surface area contributed by atoms with Crippen molar-refractivity contribution in [2.45, 2.75) is 12.8 Å². The number of rotatable bonds is 5. The van der Waals surface area contributed by atoms with Crippen LogP contribution in [0.3, 0.4) is 0 Å². The smallest absolute Gasteiger partial charge is 0.136 e. The molecule has 3 aromatic carbocycles. The monoisotopic (exact) mass is 469 g/mol. The minimum Gasteiger partial charge on any atom is -0.456 e. The number of fused-ring (bicyclic) bond motifs is 4. The minimum atomic E-state index is 0. The molecule has 0 atom stereocenters. The summed E-state index contributed by atoms with van der Waals surface area (Å²) in [6.45, 7) is 0.697. The Morgan fingerprint density at radius 3 is 2.56 bits per heavy atom. The molecule has 0 radical (unpaired) electrons. The first-order valence-corrected chi connectivity index (χ1v) is 11.3. The van der Waals surface area contributed by atoms with Crippen LogP contribution in [-0.2, 0) is 6.42 Å². The molecule has 34 heavy (non-hydrogen) atoms. The van der Waals surface area contributed by atoms with Gasteiger partial charge in [0.05, 0.1) is 22.3 Å². The fraction of sp³-hybridized carbons (Fsp3) is 0.111. The van der Waals surface area contributed by atoms with E-state index in [1.54, 1.807) is 6.20 Å². The maximum absolute atomic E-state index is 6.67. The van der Waals surface area contributed by atoms with E-state index in [-0.39, 0.29) is 6.15 Å². The highest BCUT2D eigenvalue weighted by atomic mass is 35.5. The summed E-state index contributed by atoms with van der Waals surface area (Å²) in [7, 11) is 0. The summed E-state index contributed by atoms with van der Waals surface area (Å²) in [5.41, 5.74) is 12.3. The number of nitrogens with zero attached hydrogens (tertiary/aromatic N) is 3. The SMILES string of the molecule is N.NCCCc1ccc(-n2cnc3cnc4cc(Cl)c(-c5cc6ccccc6o5)cc4c32)cc1. The molecule has 0 bridgehead atoms. The van der Waals surface area contributed by atoms with Gasteiger partial charge in [0, 0.05) is 22.0 Å². The molecule has 0 aliphatic carbocycles. The Bertz CT molecular complexity index is 1580. The Morgan fingerprint density at radius 2 is 1.76 bits per heavy atom. The Morgan fingerprint density at radius 1 is 0.941 bits per heavy atom. The first-order valence-electron chi connectivity index (χ1n) is 10.9. The molecule has 5 N–H and O–H groups in total. The van der Waals surface area contributed by atoms with Crippen LogP contribution in [0.15, 0.2) is 83.7 Å². The van der Waals surface area contributed by atoms with Crippen LogP contribution in [0.4, 0.5) is 0 Å². The van der Waals surface area contributed by atoms with E-state index < -0.39 is 0 Å². The first-order chi connectivity index (χ1) is 16.2. The normalized spacial score (nSPS) is 11.4. The van der Waals surface area contributed by atoms with Crippen molar-refractivity contribution in [3.8, 4) is 17.0 Å². The number of pyridine rings is 1. The zero-order chi connectivity index (χ0) is 22.4. The molecule has 170 valence electrons. The number of furan rings is 1. The van der Waals surface area contributed by atoms with E-state index in [0.29, 0.717) is 11.6 Å². The third-order valence-electron chi connectivity index (χ3n) is 6.04. The molecule has 6 nitrogen and oxygen atoms in total. The third kappa shape index (κ3) is 3.72. The molecule has 3 heterocycles. The fourth-order valence-electron chi connectivity index (χ4n) is 4.34. The van der Waals surface area contributed by atoms with Crippen molar-refractivity contribution in [2.24, 2.45) is 5.73 Å². The van der Waals surface area contributed by atoms with Gasteiger partial charge in [0.2, 0.25) is 0 Å². The van der Waals surface area contributed by atoms with Gasteiger partial charge in [-0.3, -0.25) is 9.55 Å². The summed E-state index contributed by atoms with van der Waals surface area (Å²) < 4.78 is 8.20. The van der Waals surface area contributed by atoms with Crippen molar-refractivity contribution in [3.63, 3.8) is 0 Å². The highest BCUT2D eigenvalue weighted by Crippen LogP contribution is 2.37. The van der Waals surface area contributed by atoms with Crippen molar-refractivity contribution >= 4 is 44.5 Å². The number of hydrogen-bond acceptors (Lipinski definition) is 5. The van der Waals surface area contributed by atoms with Crippen LogP contribution in [0, 0.1) is 0 Å². The molecular weight excluding hydrogens is 446 g/mol. The summed E-state index contributed by atoms with van der Waals surface area (Å²) in [4.78, 5) is 9.20. The number of benzene rings is 3. The van der Waals surface area contributed by atoms with Gasteiger partial charge in [0.15, 0.2) is 0 Å². The van der Waals surface area contributed by atoms with E-state index in [0.717, 1.165) is 62.8 Å². The largest absolute Gasteiger partial charge is 0.456 e. The second-order valence-corrected chi connectivity index (χ2v) is 8.57. The predicted molar refractivity (Wildman–Crippen MR) is 139 cm³/mol. The topological polar surface area (TPSA) is 105 Å². The number of aryl methyl sites for hydroxylation is 1. The molecule has 0 saturated heterocycles. The summed E-state index contributed by atoms with van der Waals surface area (Å²) in [6.07, 6.45) is 5.60. The van der Waals surface area contributed by atoms with Crippen LogP contribution < -0.4 is 11.9 Å². The van der Waals surface area contributed by atoms with E-state index in [9.17, 15) is 0 Å². The van der Waals surface area contributed by atoms with Crippen LogP contribution in [0.1, 0.15) is 12.0 Å². The number of hydrogen-bond donors (Lipinski definition) is 2. The molecule has 0 aliphatic heterocycles. The molecule has 6 aromatic rings. The van der Waals surface area contributed by atoms with Crippen LogP contribution in [0.5, 0.6) is 0 Å². The maximum Gasteiger partial charge on any atom is 0.136 e. The maximum atomic E-state index is 6.67. The standard InChI is InChI=1S/C27H21ClN4O.H3N/c28-22-14-23-21(13-20(22)26-12-18-5-1-2-6-25(18)33-26)27-24(15-30-23)31-16-32(27)19-9-7-17(8-10-19)4-3-11-29;/h1-2,5-10,12-16H,3-4,11,29H2;1H3. The third-order valence-corrected chi connectivity index (χ3v) is 6.35. The zero-order valence-electron chi connectivity index (χ0n) is 18.5. The van der Waals surface area contributed by atoms with Crippen molar-refractivity contribution < 1.29 is 4.42 Å². The van der Waals surface area contributed by atoms with Gasteiger partial charge >= 0.3 is 0 Å². The van der Waals surface area contributed by atoms with Gasteiger partial charge in [-0.15, -0.1) is 0 Å². The van der Waals surface area contributed by atoms with E-state index in [2.05, 4.69) is 44.9 Å². The van der Waals surface area contributed by atoms with Gasteiger partial charge in [-0.25, -0.2) is 4.98 Å². The average molecular weight is 470 g/mol. The van der Waals surface area contributed by atoms with Crippen LogP contribution >= 0.6 is 11.6 Å². The second-order valence-electron chi connectivity index (χ2n) is 8.16. The van der Waals surface area contributed by atoms with E-state index in [4.69, 9.17) is 21.8 Å². The lowest BCUT2D eigenvalue weighted by atomic mass is 10.1. The Hall–Kier alpha value is -3.71. The van der Waals surface area contributed by atoms with Crippen molar-refractivity contribution in [1.82, 2.24) is 20.7 Å². The number of para-hydroxylation sites is 1. The Labute approximate surface area is 201 Å². The van der Waals surface area contributed by atoms with Crippen LogP contribution in [0.2, 0.25) is 5.02 Å². The minimum absolute atomic E-state index is 0. The van der Waals surface area contributed by atoms with Crippen molar-refractivity contribution in [1.29, 1.82) is 0 Å². The number of imidazole rings is 1. The van der Waals surface area contributed by atoms with E-state index in [1.807, 2.05) is 42.7 Å². The molecule has 0 amide bonds. The van der Waals surface area contributed by atoms with Gasteiger partial charge in [0.25, 0.3) is 0 Å². The van der Waals surface area contributed by atoms with Crippen LogP contribution in [0.25, 0.3) is 49.9 Å². The predicted octanol–water partition coefficient (Wildman–Crippen LogP) is 6.69. The van der Waals surface area contributed by atoms with Gasteiger partial charge in [-0.05, 0) is 61.3 Å². The molecule has 0 saturated carbocycles. The number of halogens is 1. The quantitative estimate of drug-likeness (QED) is 0.292. The van der Waals surface area contributed by atoms with Gasteiger partial charge < -0.3 is 16.3 Å². The van der Waals surface area contributed by atoms with Gasteiger partial charge in [0.1, 0.15) is 23.2 Å². The fourth-order valence-corrected chi connectivity index (χ4v) is 4.59. The molecule has 0 aliphatic rings. The highest BCUT2D eigenvalue weighted by Gasteiger charge is 2.16. The molecule has 7 heteroatoms. The lowest BCUT2D eigenvalue weighted by molar-refractivity contribution is 0.632. The van der Waals surface area contributed by atoms with Gasteiger partial charge in [-0.1, -0.05) is 41.9 Å². The summed E-state index contributed by atoms with van der Waals surface area (Å²) >= 11 is 6.67. The lowest BCUT2D eigenvalue weighted by Crippen LogP contribution is -2.00. The van der Waals surface area contributed by atoms with E-state index in [1.165, 1.54) is 5.56 Å². The van der Waals surface area contributed by atoms with Crippen LogP contribution in [-0.4, -0.2) is 21.1 Å². The summed E-state index contributed by atoms with van der Waals surface area (Å²) in [5.74, 6) is 0.732. The Kier molecular flexibility index (Phi) is 5.79. The number of aromatic nitrogens is 3. The molecule has 0 fully saturated rings. The molecule has 0 unspecified atom stereocenters. The van der Waals surface area contributed by atoms with Crippen molar-refractivity contribution in [3.05, 3.63) is 89.8 Å². The lowest BCUT2D eigenvalue weighted by Gasteiger charge is -2.10. The summed E-state index contributed by atoms with van der Waals surface area (Å²) in [5, 5.41) is 2.61. The zero-order valence-corrected chi connectivity index (χ0v) is 19.3. The molecular formula is C27H24ClN5O. The van der Waals surface area contributed by atoms with E-state index >= 15 is 0 Å². The second kappa shape index (κ2) is 8.91. The highest BCUT2D eigenvalue weighted by molar-refractivity contribution is 6.34. The Balaban J connectivity index is 0.00000241. The first kappa shape index (κ1) is 22.1. The molecule has 6 rings (SSSR count). The van der Waals surface area contributed by atoms with Gasteiger partial charge in [-0.2, -0.15) is 0 Å². The summed E-state index contributed by atoms with van der Waals surface area (Å²) in [6, 6.07) is 22.5. The van der Waals surface area contributed by atoms with Crippen molar-refractivity contribution in [2.75, 3.05) is 6.54 Å².